The summed E-state index contributed by atoms with van der Waals surface area (Å²) in [6.45, 7) is 0. The molecule has 8 heteroatoms. The molecule has 0 heterocycles. The van der Waals surface area contributed by atoms with Gasteiger partial charge in [0.05, 0.1) is 0 Å². The smallest absolute Gasteiger partial charge is 0.329 e. The molecule has 0 spiro atoms. The summed E-state index contributed by atoms with van der Waals surface area (Å²) in [4.78, 5) is 11.2. The number of carboxylic acid groups (broad SMARTS) is 1. The molecule has 20 heavy (non-hydrogen) atoms. The Morgan fingerprint density at radius 1 is 0.900 bits per heavy atom. The van der Waals surface area contributed by atoms with E-state index in [4.69, 9.17) is 5.11 Å². The van der Waals surface area contributed by atoms with Crippen LogP contribution in [0.5, 0.6) is 0 Å². The molecular formula is C12H10F5NO2. The molecule has 0 atom stereocenters. The van der Waals surface area contributed by atoms with Gasteiger partial charge in [-0.2, -0.15) is 0 Å². The van der Waals surface area contributed by atoms with E-state index in [1.165, 1.54) is 0 Å². The van der Waals surface area contributed by atoms with Crippen LogP contribution in [0.3, 0.4) is 0 Å². The minimum Gasteiger partial charge on any atom is -0.480 e. The number of hydrogen-bond acceptors (Lipinski definition) is 2. The summed E-state index contributed by atoms with van der Waals surface area (Å²) in [6.07, 6.45) is 1.05. The minimum absolute atomic E-state index is 0.0435. The summed E-state index contributed by atoms with van der Waals surface area (Å²) in [5, 5.41) is 11.1. The van der Waals surface area contributed by atoms with Crippen LogP contribution in [-0.2, 0) is 4.79 Å². The molecule has 2 N–H and O–H groups in total. The molecule has 1 aromatic carbocycles. The fourth-order valence-corrected chi connectivity index (χ4v) is 2.32. The van der Waals surface area contributed by atoms with Gasteiger partial charge in [0.2, 0.25) is 5.82 Å². The van der Waals surface area contributed by atoms with Crippen molar-refractivity contribution in [2.24, 2.45) is 0 Å². The maximum atomic E-state index is 13.5. The molecule has 110 valence electrons. The standard InChI is InChI=1S/C12H10F5NO2/c13-5-6(14)8(16)10(9(17)7(5)15)18-12(11(19)20)3-1-2-4-12/h18H,1-4H2,(H,19,20). The molecule has 1 aliphatic carbocycles. The number of hydrogen-bond donors (Lipinski definition) is 2. The highest BCUT2D eigenvalue weighted by atomic mass is 19.2. The Morgan fingerprint density at radius 3 is 1.70 bits per heavy atom. The maximum absolute atomic E-state index is 13.5. The summed E-state index contributed by atoms with van der Waals surface area (Å²) in [5.41, 5.74) is -3.01. The van der Waals surface area contributed by atoms with E-state index < -0.39 is 46.3 Å². The fourth-order valence-electron chi connectivity index (χ4n) is 2.32. The van der Waals surface area contributed by atoms with Crippen molar-refractivity contribution in [3.05, 3.63) is 29.1 Å². The Labute approximate surface area is 110 Å². The Balaban J connectivity index is 2.51. The predicted octanol–water partition coefficient (Wildman–Crippen LogP) is 3.19. The van der Waals surface area contributed by atoms with Crippen molar-refractivity contribution in [3.8, 4) is 0 Å². The number of aliphatic carboxylic acids is 1. The average molecular weight is 295 g/mol. The summed E-state index contributed by atoms with van der Waals surface area (Å²) < 4.78 is 66.0. The summed E-state index contributed by atoms with van der Waals surface area (Å²) >= 11 is 0. The molecule has 0 aromatic heterocycles. The van der Waals surface area contributed by atoms with Crippen LogP contribution < -0.4 is 5.32 Å². The van der Waals surface area contributed by atoms with Crippen LogP contribution in [0, 0.1) is 29.1 Å². The fraction of sp³-hybridized carbons (Fsp3) is 0.417. The molecule has 0 saturated heterocycles. The normalized spacial score (nSPS) is 17.2. The highest BCUT2D eigenvalue weighted by molar-refractivity contribution is 5.83. The molecular weight excluding hydrogens is 285 g/mol. The van der Waals surface area contributed by atoms with Crippen molar-refractivity contribution in [3.63, 3.8) is 0 Å². The van der Waals surface area contributed by atoms with E-state index in [9.17, 15) is 26.7 Å². The van der Waals surface area contributed by atoms with Gasteiger partial charge in [-0.15, -0.1) is 0 Å². The van der Waals surface area contributed by atoms with Crippen LogP contribution in [-0.4, -0.2) is 16.6 Å². The maximum Gasteiger partial charge on any atom is 0.329 e. The molecule has 0 bridgehead atoms. The lowest BCUT2D eigenvalue weighted by molar-refractivity contribution is -0.142. The van der Waals surface area contributed by atoms with Crippen molar-refractivity contribution in [2.45, 2.75) is 31.2 Å². The molecule has 3 nitrogen and oxygen atoms in total. The molecule has 0 aliphatic heterocycles. The second-order valence-corrected chi connectivity index (χ2v) is 4.66. The second kappa shape index (κ2) is 4.92. The van der Waals surface area contributed by atoms with E-state index in [1.807, 2.05) is 5.32 Å². The quantitative estimate of drug-likeness (QED) is 0.511. The number of halogens is 5. The monoisotopic (exact) mass is 295 g/mol. The van der Waals surface area contributed by atoms with Crippen molar-refractivity contribution in [2.75, 3.05) is 5.32 Å². The number of nitrogens with one attached hydrogen (secondary N) is 1. The number of carbonyl (C=O) groups is 1. The number of rotatable bonds is 3. The van der Waals surface area contributed by atoms with Crippen LogP contribution in [0.4, 0.5) is 27.6 Å². The number of benzene rings is 1. The summed E-state index contributed by atoms with van der Waals surface area (Å²) in [6, 6.07) is 0. The Bertz CT molecular complexity index is 540. The third kappa shape index (κ3) is 2.08. The van der Waals surface area contributed by atoms with Gasteiger partial charge in [-0.05, 0) is 12.8 Å². The first-order valence-electron chi connectivity index (χ1n) is 5.83. The van der Waals surface area contributed by atoms with E-state index in [0.29, 0.717) is 12.8 Å². The van der Waals surface area contributed by atoms with Crippen molar-refractivity contribution in [1.29, 1.82) is 0 Å². The van der Waals surface area contributed by atoms with Gasteiger partial charge in [0.15, 0.2) is 23.3 Å². The van der Waals surface area contributed by atoms with Crippen LogP contribution in [0.15, 0.2) is 0 Å². The molecule has 1 aliphatic rings. The number of anilines is 1. The first-order chi connectivity index (χ1) is 9.30. The highest BCUT2D eigenvalue weighted by Crippen LogP contribution is 2.36. The molecule has 1 saturated carbocycles. The third-order valence-corrected chi connectivity index (χ3v) is 3.44. The van der Waals surface area contributed by atoms with Crippen LogP contribution in [0.1, 0.15) is 25.7 Å². The van der Waals surface area contributed by atoms with Gasteiger partial charge in [-0.3, -0.25) is 0 Å². The zero-order valence-electron chi connectivity index (χ0n) is 10.1. The van der Waals surface area contributed by atoms with Gasteiger partial charge in [0, 0.05) is 0 Å². The topological polar surface area (TPSA) is 49.3 Å². The molecule has 0 amide bonds. The first kappa shape index (κ1) is 14.5. The van der Waals surface area contributed by atoms with E-state index >= 15 is 0 Å². The highest BCUT2D eigenvalue weighted by Gasteiger charge is 2.43. The molecule has 0 radical (unpaired) electrons. The van der Waals surface area contributed by atoms with E-state index in [0.717, 1.165) is 0 Å². The van der Waals surface area contributed by atoms with Crippen LogP contribution >= 0.6 is 0 Å². The lowest BCUT2D eigenvalue weighted by Crippen LogP contribution is -2.44. The number of carboxylic acids is 1. The van der Waals surface area contributed by atoms with Gasteiger partial charge < -0.3 is 10.4 Å². The predicted molar refractivity (Wildman–Crippen MR) is 58.7 cm³/mol. The molecule has 1 fully saturated rings. The van der Waals surface area contributed by atoms with E-state index in [1.54, 1.807) is 0 Å². The lowest BCUT2D eigenvalue weighted by atomic mass is 9.97. The van der Waals surface area contributed by atoms with Gasteiger partial charge in [0.1, 0.15) is 11.2 Å². The lowest BCUT2D eigenvalue weighted by Gasteiger charge is -2.27. The van der Waals surface area contributed by atoms with Gasteiger partial charge in [-0.1, -0.05) is 12.8 Å². The summed E-state index contributed by atoms with van der Waals surface area (Å²) in [5.74, 6) is -12.0. The largest absolute Gasteiger partial charge is 0.480 e. The molecule has 1 aromatic rings. The van der Waals surface area contributed by atoms with Gasteiger partial charge in [0.25, 0.3) is 0 Å². The van der Waals surface area contributed by atoms with Gasteiger partial charge in [-0.25, -0.2) is 26.7 Å². The minimum atomic E-state index is -2.28. The zero-order valence-corrected chi connectivity index (χ0v) is 10.1. The van der Waals surface area contributed by atoms with Crippen molar-refractivity contribution < 1.29 is 31.9 Å². The first-order valence-corrected chi connectivity index (χ1v) is 5.83. The Hall–Kier alpha value is -1.86. The van der Waals surface area contributed by atoms with E-state index in [-0.39, 0.29) is 12.8 Å². The zero-order chi connectivity index (χ0) is 15.1. The summed E-state index contributed by atoms with van der Waals surface area (Å²) in [7, 11) is 0. The van der Waals surface area contributed by atoms with Crippen molar-refractivity contribution >= 4 is 11.7 Å². The Morgan fingerprint density at radius 2 is 1.30 bits per heavy atom. The van der Waals surface area contributed by atoms with Gasteiger partial charge >= 0.3 is 5.97 Å². The third-order valence-electron chi connectivity index (χ3n) is 3.44. The van der Waals surface area contributed by atoms with Crippen LogP contribution in [0.25, 0.3) is 0 Å². The van der Waals surface area contributed by atoms with E-state index in [2.05, 4.69) is 0 Å². The molecule has 2 rings (SSSR count). The second-order valence-electron chi connectivity index (χ2n) is 4.66. The molecule has 0 unspecified atom stereocenters. The average Bonchev–Trinajstić information content (AvgIpc) is 2.89. The van der Waals surface area contributed by atoms with Crippen LogP contribution in [0.2, 0.25) is 0 Å². The SMILES string of the molecule is O=C(O)C1(Nc2c(F)c(F)c(F)c(F)c2F)CCCC1. The van der Waals surface area contributed by atoms with Crippen molar-refractivity contribution in [1.82, 2.24) is 0 Å². The Kier molecular flexibility index (Phi) is 3.58.